The Balaban J connectivity index is 2.31. The van der Waals surface area contributed by atoms with Crippen LogP contribution in [-0.2, 0) is 11.3 Å². The van der Waals surface area contributed by atoms with Gasteiger partial charge in [0.05, 0.1) is 12.8 Å². The van der Waals surface area contributed by atoms with E-state index < -0.39 is 0 Å². The van der Waals surface area contributed by atoms with E-state index in [-0.39, 0.29) is 5.91 Å². The molecule has 0 aliphatic rings. The van der Waals surface area contributed by atoms with Crippen LogP contribution in [0.1, 0.15) is 12.7 Å². The molecule has 0 saturated carbocycles. The van der Waals surface area contributed by atoms with Crippen molar-refractivity contribution in [2.75, 3.05) is 0 Å². The van der Waals surface area contributed by atoms with Crippen LogP contribution in [-0.4, -0.2) is 5.91 Å². The summed E-state index contributed by atoms with van der Waals surface area (Å²) in [5, 5.41) is 2.67. The minimum atomic E-state index is -0.103. The van der Waals surface area contributed by atoms with Crippen molar-refractivity contribution >= 4 is 5.91 Å². The van der Waals surface area contributed by atoms with Gasteiger partial charge in [0.2, 0.25) is 5.91 Å². The Labute approximate surface area is 71.1 Å². The predicted octanol–water partition coefficient (Wildman–Crippen LogP) is 1.47. The molecule has 1 amide bonds. The third-order valence-corrected chi connectivity index (χ3v) is 1.33. The maximum Gasteiger partial charge on any atom is 0.244 e. The summed E-state index contributed by atoms with van der Waals surface area (Å²) < 4.78 is 5.02. The molecule has 3 heteroatoms. The fourth-order valence-electron chi connectivity index (χ4n) is 0.798. The van der Waals surface area contributed by atoms with Gasteiger partial charge in [-0.15, -0.1) is 0 Å². The van der Waals surface area contributed by atoms with Crippen molar-refractivity contribution in [2.24, 2.45) is 0 Å². The van der Waals surface area contributed by atoms with E-state index in [9.17, 15) is 4.79 Å². The van der Waals surface area contributed by atoms with Gasteiger partial charge in [-0.3, -0.25) is 4.79 Å². The Morgan fingerprint density at radius 1 is 1.75 bits per heavy atom. The number of furan rings is 1. The summed E-state index contributed by atoms with van der Waals surface area (Å²) in [5.74, 6) is 0.654. The first-order valence-electron chi connectivity index (χ1n) is 3.76. The van der Waals surface area contributed by atoms with Gasteiger partial charge in [-0.05, 0) is 25.1 Å². The summed E-state index contributed by atoms with van der Waals surface area (Å²) in [5.41, 5.74) is 0. The molecular formula is C9H11NO2. The van der Waals surface area contributed by atoms with Gasteiger partial charge in [0.15, 0.2) is 0 Å². The number of carbonyl (C=O) groups excluding carboxylic acids is 1. The first-order chi connectivity index (χ1) is 5.83. The zero-order valence-corrected chi connectivity index (χ0v) is 6.91. The van der Waals surface area contributed by atoms with Crippen molar-refractivity contribution in [2.45, 2.75) is 13.5 Å². The highest BCUT2D eigenvalue weighted by atomic mass is 16.3. The fraction of sp³-hybridized carbons (Fsp3) is 0.222. The molecule has 0 radical (unpaired) electrons. The molecular weight excluding hydrogens is 154 g/mol. The van der Waals surface area contributed by atoms with Gasteiger partial charge in [-0.2, -0.15) is 0 Å². The van der Waals surface area contributed by atoms with Crippen LogP contribution in [0.3, 0.4) is 0 Å². The number of allylic oxidation sites excluding steroid dienone is 1. The monoisotopic (exact) mass is 165 g/mol. The van der Waals surface area contributed by atoms with Crippen LogP contribution >= 0.6 is 0 Å². The maximum absolute atomic E-state index is 10.9. The third-order valence-electron chi connectivity index (χ3n) is 1.33. The highest BCUT2D eigenvalue weighted by Gasteiger charge is 1.96. The van der Waals surface area contributed by atoms with Crippen LogP contribution in [0.5, 0.6) is 0 Å². The molecule has 0 aliphatic heterocycles. The van der Waals surface area contributed by atoms with E-state index >= 15 is 0 Å². The third kappa shape index (κ3) is 2.62. The lowest BCUT2D eigenvalue weighted by Crippen LogP contribution is -2.19. The van der Waals surface area contributed by atoms with Crippen LogP contribution in [0.4, 0.5) is 0 Å². The summed E-state index contributed by atoms with van der Waals surface area (Å²) in [6.45, 7) is 2.24. The highest BCUT2D eigenvalue weighted by Crippen LogP contribution is 1.97. The van der Waals surface area contributed by atoms with E-state index in [1.807, 2.05) is 6.07 Å². The van der Waals surface area contributed by atoms with Gasteiger partial charge >= 0.3 is 0 Å². The van der Waals surface area contributed by atoms with Gasteiger partial charge in [0, 0.05) is 0 Å². The second-order valence-corrected chi connectivity index (χ2v) is 2.30. The van der Waals surface area contributed by atoms with E-state index in [1.165, 1.54) is 6.08 Å². The number of carbonyl (C=O) groups is 1. The van der Waals surface area contributed by atoms with Crippen LogP contribution < -0.4 is 5.32 Å². The second kappa shape index (κ2) is 4.38. The number of rotatable bonds is 3. The quantitative estimate of drug-likeness (QED) is 0.689. The van der Waals surface area contributed by atoms with Gasteiger partial charge in [-0.25, -0.2) is 0 Å². The van der Waals surface area contributed by atoms with Crippen molar-refractivity contribution in [1.29, 1.82) is 0 Å². The predicted molar refractivity (Wildman–Crippen MR) is 45.4 cm³/mol. The number of nitrogens with one attached hydrogen (secondary N) is 1. The van der Waals surface area contributed by atoms with Crippen molar-refractivity contribution < 1.29 is 9.21 Å². The summed E-state index contributed by atoms with van der Waals surface area (Å²) in [6.07, 6.45) is 4.75. The highest BCUT2D eigenvalue weighted by molar-refractivity contribution is 5.87. The van der Waals surface area contributed by atoms with Gasteiger partial charge in [0.1, 0.15) is 5.76 Å². The number of hydrogen-bond acceptors (Lipinski definition) is 2. The lowest BCUT2D eigenvalue weighted by atomic mass is 10.4. The maximum atomic E-state index is 10.9. The minimum Gasteiger partial charge on any atom is -0.467 e. The summed E-state index contributed by atoms with van der Waals surface area (Å²) in [7, 11) is 0. The Bertz CT molecular complexity index is 262. The molecule has 1 aromatic rings. The van der Waals surface area contributed by atoms with E-state index in [4.69, 9.17) is 4.42 Å². The molecule has 64 valence electrons. The van der Waals surface area contributed by atoms with E-state index in [1.54, 1.807) is 25.3 Å². The van der Waals surface area contributed by atoms with Crippen molar-refractivity contribution in [3.8, 4) is 0 Å². The molecule has 0 spiro atoms. The molecule has 0 unspecified atom stereocenters. The van der Waals surface area contributed by atoms with Gasteiger partial charge in [-0.1, -0.05) is 6.08 Å². The molecule has 0 bridgehead atoms. The molecule has 12 heavy (non-hydrogen) atoms. The molecule has 0 aromatic carbocycles. The zero-order chi connectivity index (χ0) is 8.81. The number of hydrogen-bond donors (Lipinski definition) is 1. The second-order valence-electron chi connectivity index (χ2n) is 2.30. The molecule has 0 saturated heterocycles. The van der Waals surface area contributed by atoms with Crippen molar-refractivity contribution in [1.82, 2.24) is 5.32 Å². The molecule has 1 rings (SSSR count). The Morgan fingerprint density at radius 2 is 2.58 bits per heavy atom. The van der Waals surface area contributed by atoms with E-state index in [0.717, 1.165) is 5.76 Å². The average Bonchev–Trinajstić information content (AvgIpc) is 2.53. The first-order valence-corrected chi connectivity index (χ1v) is 3.76. The lowest BCUT2D eigenvalue weighted by Gasteiger charge is -1.96. The van der Waals surface area contributed by atoms with Crippen LogP contribution in [0.25, 0.3) is 0 Å². The largest absolute Gasteiger partial charge is 0.467 e. The Morgan fingerprint density at radius 3 is 3.17 bits per heavy atom. The van der Waals surface area contributed by atoms with E-state index in [2.05, 4.69) is 5.32 Å². The molecule has 1 heterocycles. The summed E-state index contributed by atoms with van der Waals surface area (Å²) >= 11 is 0. The normalized spacial score (nSPS) is 10.4. The number of amides is 1. The van der Waals surface area contributed by atoms with Gasteiger partial charge in [0.25, 0.3) is 0 Å². The van der Waals surface area contributed by atoms with Crippen LogP contribution in [0.2, 0.25) is 0 Å². The molecule has 0 aliphatic carbocycles. The summed E-state index contributed by atoms with van der Waals surface area (Å²) in [6, 6.07) is 3.60. The molecule has 0 atom stereocenters. The van der Waals surface area contributed by atoms with E-state index in [0.29, 0.717) is 6.54 Å². The minimum absolute atomic E-state index is 0.103. The molecule has 1 N–H and O–H groups in total. The average molecular weight is 165 g/mol. The SMILES string of the molecule is CC=CC(=O)NCc1ccco1. The van der Waals surface area contributed by atoms with Gasteiger partial charge < -0.3 is 9.73 Å². The molecule has 1 aromatic heterocycles. The van der Waals surface area contributed by atoms with Crippen molar-refractivity contribution in [3.05, 3.63) is 36.3 Å². The molecule has 3 nitrogen and oxygen atoms in total. The Hall–Kier alpha value is -1.51. The Kier molecular flexibility index (Phi) is 3.14. The van der Waals surface area contributed by atoms with Crippen LogP contribution in [0, 0.1) is 0 Å². The molecule has 0 fully saturated rings. The lowest BCUT2D eigenvalue weighted by molar-refractivity contribution is -0.116. The smallest absolute Gasteiger partial charge is 0.244 e. The first kappa shape index (κ1) is 8.59. The fourth-order valence-corrected chi connectivity index (χ4v) is 0.798. The van der Waals surface area contributed by atoms with Crippen molar-refractivity contribution in [3.63, 3.8) is 0 Å². The standard InChI is InChI=1S/C9H11NO2/c1-2-4-9(11)10-7-8-5-3-6-12-8/h2-6H,7H2,1H3,(H,10,11). The zero-order valence-electron chi connectivity index (χ0n) is 6.91. The summed E-state index contributed by atoms with van der Waals surface area (Å²) in [4.78, 5) is 10.9. The topological polar surface area (TPSA) is 42.2 Å². The van der Waals surface area contributed by atoms with Crippen LogP contribution in [0.15, 0.2) is 35.0 Å².